The van der Waals surface area contributed by atoms with Crippen LogP contribution in [0, 0.1) is 6.57 Å². The van der Waals surface area contributed by atoms with Crippen molar-refractivity contribution >= 4 is 62.0 Å². The lowest BCUT2D eigenvalue weighted by Crippen LogP contribution is -2.22. The van der Waals surface area contributed by atoms with Gasteiger partial charge in [-0.05, 0) is 73.1 Å². The van der Waals surface area contributed by atoms with E-state index in [1.54, 1.807) is 48.0 Å². The van der Waals surface area contributed by atoms with E-state index in [2.05, 4.69) is 56.2 Å². The van der Waals surface area contributed by atoms with Crippen LogP contribution in [-0.2, 0) is 9.53 Å². The average molecular weight is 913 g/mol. The number of anilines is 1. The summed E-state index contributed by atoms with van der Waals surface area (Å²) in [5, 5.41) is 19.8. The number of hydrogen-bond donors (Lipinski definition) is 1. The Kier molecular flexibility index (Phi) is 16.3. The molecule has 3 aromatic heterocycles. The lowest BCUT2D eigenvalue weighted by Gasteiger charge is -2.13. The van der Waals surface area contributed by atoms with Gasteiger partial charge in [0.05, 0.1) is 23.7 Å². The quantitative estimate of drug-likeness (QED) is 0.0380. The third kappa shape index (κ3) is 11.8. The molecule has 0 aliphatic carbocycles. The van der Waals surface area contributed by atoms with E-state index < -0.39 is 5.97 Å². The number of nitrogens with zero attached hydrogens (tertiary/aromatic N) is 12. The van der Waals surface area contributed by atoms with Crippen LogP contribution < -0.4 is 11.3 Å². The topological polar surface area (TPSA) is 219 Å². The van der Waals surface area contributed by atoms with E-state index in [0.29, 0.717) is 34.5 Å². The van der Waals surface area contributed by atoms with Crippen LogP contribution in [0.1, 0.15) is 24.3 Å². The van der Waals surface area contributed by atoms with Crippen LogP contribution in [0.3, 0.4) is 0 Å². The first-order valence-electron chi connectivity index (χ1n) is 18.4. The van der Waals surface area contributed by atoms with Crippen molar-refractivity contribution in [1.82, 2.24) is 39.5 Å². The third-order valence-electron chi connectivity index (χ3n) is 8.13. The molecule has 0 saturated heterocycles. The van der Waals surface area contributed by atoms with Crippen LogP contribution in [0.4, 0.5) is 11.5 Å². The number of rotatable bonds is 8. The minimum Gasteiger partial charge on any atom is -0.460 e. The largest absolute Gasteiger partial charge is 0.460 e. The lowest BCUT2D eigenvalue weighted by atomic mass is 10.2. The van der Waals surface area contributed by atoms with Gasteiger partial charge in [-0.3, -0.25) is 14.2 Å². The molecule has 0 radical (unpaired) electrons. The second-order valence-corrected chi connectivity index (χ2v) is 13.7. The molecule has 0 aliphatic heterocycles. The molecule has 62 heavy (non-hydrogen) atoms. The van der Waals surface area contributed by atoms with Gasteiger partial charge in [0.25, 0.3) is 5.56 Å². The predicted octanol–water partition coefficient (Wildman–Crippen LogP) is 9.20. The standard InChI is InChI=1S/C22H13BrClN5O.C10H10N4O.C6H5N3.C5H7NO2/c23-15-8-6-14(7-9-15)20-25-21-19(26-27-29(21)18-4-2-1-3-5-18)22(30)28(20)17-12-10-16(24)11-13-17;1-7(15)9-10(11)14(13-12-9)8-5-3-2-4-6-8;7-9-8-6-4-2-1-3-5-6;1-3-8-5(7)4-6-2/h1-13H;2-6H,11H2,1H3;1-5H;3-4H2,1H3. The van der Waals surface area contributed by atoms with Crippen LogP contribution >= 0.6 is 27.5 Å². The second kappa shape index (κ2) is 22.4. The maximum absolute atomic E-state index is 13.5. The number of hydrogen-bond acceptors (Lipinski definition) is 11. The maximum atomic E-state index is 13.5. The van der Waals surface area contributed by atoms with Gasteiger partial charge in [-0.2, -0.15) is 9.36 Å². The number of Topliss-reactive ketones (excluding diaryl/α,β-unsaturated/α-hetero) is 1. The Balaban J connectivity index is 0.000000187. The summed E-state index contributed by atoms with van der Waals surface area (Å²) < 4.78 is 9.91. The first-order valence-corrected chi connectivity index (χ1v) is 19.6. The van der Waals surface area contributed by atoms with Gasteiger partial charge in [0.1, 0.15) is 5.82 Å². The Morgan fingerprint density at radius 1 is 0.823 bits per heavy atom. The van der Waals surface area contributed by atoms with E-state index >= 15 is 0 Å². The molecule has 0 saturated carbocycles. The van der Waals surface area contributed by atoms with E-state index in [-0.39, 0.29) is 34.9 Å². The number of fused-ring (bicyclic) bond motifs is 1. The normalized spacial score (nSPS) is 9.98. The summed E-state index contributed by atoms with van der Waals surface area (Å²) in [5.74, 6) is 0.132. The van der Waals surface area contributed by atoms with Gasteiger partial charge in [-0.15, -0.1) is 10.2 Å². The minimum atomic E-state index is -0.442. The molecule has 310 valence electrons. The Hall–Kier alpha value is -7.97. The summed E-state index contributed by atoms with van der Waals surface area (Å²) in [5.41, 5.74) is 17.9. The maximum Gasteiger partial charge on any atom is 0.387 e. The van der Waals surface area contributed by atoms with Gasteiger partial charge >= 0.3 is 12.5 Å². The SMILES string of the molecule is CC(=O)c1nnn(-c2ccccc2)c1N.O=c1c2nnn(-c3ccccc3)c2nc(-c2ccc(Br)cc2)n1-c1ccc(Cl)cc1.[C-]#[N+]CC(=O)OCC.[N-]=[N+]=Nc1ccccc1. The van der Waals surface area contributed by atoms with Gasteiger partial charge in [-0.1, -0.05) is 122 Å². The number of carbonyl (C=O) groups excluding carboxylic acids is 2. The van der Waals surface area contributed by atoms with Gasteiger partial charge in [0, 0.05) is 32.6 Å². The zero-order valence-corrected chi connectivity index (χ0v) is 35.4. The Morgan fingerprint density at radius 3 is 1.92 bits per heavy atom. The fourth-order valence-corrected chi connectivity index (χ4v) is 5.74. The number of ketones is 1. The zero-order valence-electron chi connectivity index (χ0n) is 33.0. The van der Waals surface area contributed by atoms with Crippen LogP contribution in [-0.4, -0.2) is 64.4 Å². The molecule has 0 atom stereocenters. The number of nitrogens with two attached hydrogens (primary N) is 1. The van der Waals surface area contributed by atoms with Crippen molar-refractivity contribution in [3.63, 3.8) is 0 Å². The highest BCUT2D eigenvalue weighted by Crippen LogP contribution is 2.25. The van der Waals surface area contributed by atoms with E-state index in [1.807, 2.05) is 103 Å². The van der Waals surface area contributed by atoms with Crippen molar-refractivity contribution in [2.45, 2.75) is 13.8 Å². The molecule has 8 aromatic rings. The first-order chi connectivity index (χ1) is 30.1. The van der Waals surface area contributed by atoms with Crippen LogP contribution in [0.2, 0.25) is 5.02 Å². The highest BCUT2D eigenvalue weighted by molar-refractivity contribution is 9.10. The summed E-state index contributed by atoms with van der Waals surface area (Å²) in [7, 11) is 0. The number of halogens is 2. The molecule has 0 aliphatic rings. The number of nitrogen functional groups attached to an aromatic ring is 1. The molecule has 8 rings (SSSR count). The molecule has 5 aromatic carbocycles. The van der Waals surface area contributed by atoms with Gasteiger partial charge in [0.2, 0.25) is 0 Å². The molecule has 0 fully saturated rings. The summed E-state index contributed by atoms with van der Waals surface area (Å²) in [6.07, 6.45) is 0. The first kappa shape index (κ1) is 45.1. The summed E-state index contributed by atoms with van der Waals surface area (Å²) in [4.78, 5) is 45.1. The Bertz CT molecular complexity index is 2900. The third-order valence-corrected chi connectivity index (χ3v) is 8.91. The number of para-hydroxylation sites is 2. The van der Waals surface area contributed by atoms with Gasteiger partial charge in [-0.25, -0.2) is 16.4 Å². The molecule has 0 amide bonds. The summed E-state index contributed by atoms with van der Waals surface area (Å²) in [6.45, 7) is 9.55. The molecule has 19 heteroatoms. The molecule has 0 bridgehead atoms. The number of azide groups is 1. The van der Waals surface area contributed by atoms with Crippen molar-refractivity contribution in [1.29, 1.82) is 0 Å². The number of benzene rings is 5. The second-order valence-electron chi connectivity index (χ2n) is 12.3. The molecule has 0 unspecified atom stereocenters. The molecule has 0 spiro atoms. The predicted molar refractivity (Wildman–Crippen MR) is 240 cm³/mol. The van der Waals surface area contributed by atoms with Crippen molar-refractivity contribution in [2.24, 2.45) is 5.11 Å². The minimum absolute atomic E-state index is 0.159. The van der Waals surface area contributed by atoms with Crippen molar-refractivity contribution in [3.05, 3.63) is 187 Å². The van der Waals surface area contributed by atoms with Crippen LogP contribution in [0.5, 0.6) is 0 Å². The van der Waals surface area contributed by atoms with Crippen LogP contribution in [0.15, 0.2) is 154 Å². The summed E-state index contributed by atoms with van der Waals surface area (Å²) >= 11 is 9.50. The number of esters is 1. The number of ether oxygens (including phenoxy) is 1. The highest BCUT2D eigenvalue weighted by Gasteiger charge is 2.20. The average Bonchev–Trinajstić information content (AvgIpc) is 3.90. The Morgan fingerprint density at radius 2 is 1.39 bits per heavy atom. The van der Waals surface area contributed by atoms with E-state index in [9.17, 15) is 14.4 Å². The van der Waals surface area contributed by atoms with E-state index in [0.717, 1.165) is 21.4 Å². The lowest BCUT2D eigenvalue weighted by molar-refractivity contribution is -0.140. The highest BCUT2D eigenvalue weighted by atomic mass is 79.9. The number of carbonyl (C=O) groups is 2. The Labute approximate surface area is 367 Å². The molecule has 2 N–H and O–H groups in total. The van der Waals surface area contributed by atoms with Gasteiger partial charge < -0.3 is 15.3 Å². The monoisotopic (exact) mass is 911 g/mol. The van der Waals surface area contributed by atoms with Crippen molar-refractivity contribution in [3.8, 4) is 28.5 Å². The number of aromatic nitrogens is 8. The van der Waals surface area contributed by atoms with Gasteiger partial charge in [0.15, 0.2) is 28.5 Å². The fourth-order valence-electron chi connectivity index (χ4n) is 5.35. The van der Waals surface area contributed by atoms with Crippen LogP contribution in [0.25, 0.3) is 54.9 Å². The molecule has 17 nitrogen and oxygen atoms in total. The molecule has 3 heterocycles. The smallest absolute Gasteiger partial charge is 0.387 e. The fraction of sp³-hybridized carbons (Fsp3) is 0.0930. The summed E-state index contributed by atoms with van der Waals surface area (Å²) in [6, 6.07) is 42.5. The zero-order chi connectivity index (χ0) is 44.4. The van der Waals surface area contributed by atoms with Crippen molar-refractivity contribution in [2.75, 3.05) is 18.9 Å². The van der Waals surface area contributed by atoms with Crippen molar-refractivity contribution < 1.29 is 14.3 Å². The van der Waals surface area contributed by atoms with E-state index in [4.69, 9.17) is 34.4 Å². The van der Waals surface area contributed by atoms with E-state index in [1.165, 1.54) is 16.2 Å². The molecular formula is C43H35BrClN13O4. The molecular weight excluding hydrogens is 878 g/mol.